The molecule has 1 N–H and O–H groups in total. The van der Waals surface area contributed by atoms with Crippen LogP contribution in [0.1, 0.15) is 40.5 Å². The Morgan fingerprint density at radius 2 is 2.21 bits per heavy atom. The van der Waals surface area contributed by atoms with Gasteiger partial charge in [0.2, 0.25) is 5.91 Å². The highest BCUT2D eigenvalue weighted by molar-refractivity contribution is 5.84. The van der Waals surface area contributed by atoms with Crippen LogP contribution in [0.3, 0.4) is 0 Å². The van der Waals surface area contributed by atoms with Gasteiger partial charge in [0, 0.05) is 12.6 Å². The van der Waals surface area contributed by atoms with E-state index < -0.39 is 0 Å². The van der Waals surface area contributed by atoms with Gasteiger partial charge in [0.15, 0.2) is 0 Å². The molecule has 0 unspecified atom stereocenters. The van der Waals surface area contributed by atoms with Gasteiger partial charge in [-0.2, -0.15) is 0 Å². The Balaban J connectivity index is 0.000000791. The summed E-state index contributed by atoms with van der Waals surface area (Å²) in [6, 6.07) is 0. The lowest BCUT2D eigenvalue weighted by atomic mass is 10.1. The largest absolute Gasteiger partial charge is 0.351 e. The van der Waals surface area contributed by atoms with E-state index in [-0.39, 0.29) is 5.91 Å². The van der Waals surface area contributed by atoms with Crippen molar-refractivity contribution >= 4 is 11.6 Å². The van der Waals surface area contributed by atoms with Crippen LogP contribution in [0.25, 0.3) is 0 Å². The molecule has 0 bridgehead atoms. The van der Waals surface area contributed by atoms with Crippen molar-refractivity contribution in [3.05, 3.63) is 11.8 Å². The summed E-state index contributed by atoms with van der Waals surface area (Å²) in [6.07, 6.45) is 4.16. The molecule has 1 heterocycles. The predicted molar refractivity (Wildman–Crippen MR) is 60.5 cm³/mol. The average molecular weight is 196 g/mol. The standard InChI is InChI=1S/C9H14N2O.C2H6/c1-7-4-3-5-9(11-7)6-10-8(2)12;1-2/h5H,3-4,6H2,1-2H3,(H,10,12);1-2H3. The van der Waals surface area contributed by atoms with Gasteiger partial charge in [-0.25, -0.2) is 0 Å². The number of carbonyl (C=O) groups excluding carboxylic acids is 1. The van der Waals surface area contributed by atoms with Crippen molar-refractivity contribution in [2.75, 3.05) is 6.54 Å². The molecule has 0 saturated carbocycles. The van der Waals surface area contributed by atoms with Crippen molar-refractivity contribution in [1.29, 1.82) is 0 Å². The number of hydrogen-bond donors (Lipinski definition) is 1. The second kappa shape index (κ2) is 7.30. The van der Waals surface area contributed by atoms with E-state index in [0.717, 1.165) is 24.3 Å². The Labute approximate surface area is 86.3 Å². The van der Waals surface area contributed by atoms with Crippen molar-refractivity contribution in [1.82, 2.24) is 5.32 Å². The maximum Gasteiger partial charge on any atom is 0.217 e. The van der Waals surface area contributed by atoms with Crippen molar-refractivity contribution in [2.24, 2.45) is 4.99 Å². The van der Waals surface area contributed by atoms with Crippen LogP contribution in [0, 0.1) is 0 Å². The van der Waals surface area contributed by atoms with Crippen molar-refractivity contribution in [3.63, 3.8) is 0 Å². The third-order valence-electron chi connectivity index (χ3n) is 1.74. The summed E-state index contributed by atoms with van der Waals surface area (Å²) < 4.78 is 0. The maximum atomic E-state index is 10.6. The quantitative estimate of drug-likeness (QED) is 0.723. The van der Waals surface area contributed by atoms with E-state index in [1.165, 1.54) is 6.92 Å². The number of hydrogen-bond acceptors (Lipinski definition) is 2. The van der Waals surface area contributed by atoms with Crippen LogP contribution in [0.15, 0.2) is 16.8 Å². The van der Waals surface area contributed by atoms with Crippen molar-refractivity contribution in [2.45, 2.75) is 40.5 Å². The summed E-state index contributed by atoms with van der Waals surface area (Å²) in [5, 5.41) is 2.72. The van der Waals surface area contributed by atoms with Gasteiger partial charge in [0.05, 0.1) is 12.2 Å². The van der Waals surface area contributed by atoms with Gasteiger partial charge in [-0.1, -0.05) is 19.9 Å². The number of nitrogens with one attached hydrogen (secondary N) is 1. The van der Waals surface area contributed by atoms with E-state index in [4.69, 9.17) is 0 Å². The zero-order chi connectivity index (χ0) is 11.0. The lowest BCUT2D eigenvalue weighted by molar-refractivity contribution is -0.118. The number of aliphatic imine (C=N–C) groups is 1. The first-order chi connectivity index (χ1) is 6.68. The normalized spacial score (nSPS) is 14.6. The summed E-state index contributed by atoms with van der Waals surface area (Å²) >= 11 is 0. The molecule has 1 aliphatic heterocycles. The molecule has 0 atom stereocenters. The second-order valence-corrected chi connectivity index (χ2v) is 2.99. The third kappa shape index (κ3) is 5.51. The van der Waals surface area contributed by atoms with Gasteiger partial charge in [-0.15, -0.1) is 0 Å². The Bertz CT molecular complexity index is 242. The summed E-state index contributed by atoms with van der Waals surface area (Å²) in [5.74, 6) is -0.00525. The van der Waals surface area contributed by atoms with Crippen LogP contribution in [0.5, 0.6) is 0 Å². The minimum atomic E-state index is -0.00525. The number of nitrogens with zero attached hydrogens (tertiary/aromatic N) is 1. The first-order valence-electron chi connectivity index (χ1n) is 5.16. The molecule has 0 radical (unpaired) electrons. The van der Waals surface area contributed by atoms with E-state index in [2.05, 4.69) is 16.4 Å². The number of carbonyl (C=O) groups is 1. The monoisotopic (exact) mass is 196 g/mol. The molecular weight excluding hydrogens is 176 g/mol. The fraction of sp³-hybridized carbons (Fsp3) is 0.636. The molecule has 14 heavy (non-hydrogen) atoms. The minimum Gasteiger partial charge on any atom is -0.351 e. The van der Waals surface area contributed by atoms with Gasteiger partial charge in [-0.05, 0) is 19.8 Å². The first-order valence-corrected chi connectivity index (χ1v) is 5.16. The third-order valence-corrected chi connectivity index (χ3v) is 1.74. The highest BCUT2D eigenvalue weighted by Gasteiger charge is 2.02. The molecule has 3 heteroatoms. The minimum absolute atomic E-state index is 0.00525. The second-order valence-electron chi connectivity index (χ2n) is 2.99. The predicted octanol–water partition coefficient (Wildman–Crippen LogP) is 2.29. The van der Waals surface area contributed by atoms with Crippen LogP contribution < -0.4 is 5.32 Å². The lowest BCUT2D eigenvalue weighted by Gasteiger charge is -2.09. The van der Waals surface area contributed by atoms with E-state index in [0.29, 0.717) is 6.54 Å². The molecule has 80 valence electrons. The van der Waals surface area contributed by atoms with Gasteiger partial charge in [-0.3, -0.25) is 9.79 Å². The van der Waals surface area contributed by atoms with Crippen LogP contribution in [-0.2, 0) is 4.79 Å². The maximum absolute atomic E-state index is 10.6. The summed E-state index contributed by atoms with van der Waals surface area (Å²) in [7, 11) is 0. The number of rotatable bonds is 2. The van der Waals surface area contributed by atoms with Crippen LogP contribution >= 0.6 is 0 Å². The summed E-state index contributed by atoms with van der Waals surface area (Å²) in [5.41, 5.74) is 2.13. The molecule has 0 spiro atoms. The fourth-order valence-electron chi connectivity index (χ4n) is 1.12. The number of allylic oxidation sites excluding steroid dienone is 1. The summed E-state index contributed by atoms with van der Waals surface area (Å²) in [4.78, 5) is 14.9. The topological polar surface area (TPSA) is 41.5 Å². The van der Waals surface area contributed by atoms with Gasteiger partial charge in [0.1, 0.15) is 0 Å². The summed E-state index contributed by atoms with van der Waals surface area (Å²) in [6.45, 7) is 8.09. The van der Waals surface area contributed by atoms with Gasteiger partial charge < -0.3 is 5.32 Å². The van der Waals surface area contributed by atoms with E-state index in [1.807, 2.05) is 20.8 Å². The highest BCUT2D eigenvalue weighted by Crippen LogP contribution is 2.09. The SMILES string of the molecule is CC.CC(=O)NCC1=CCCC(C)=N1. The Kier molecular flexibility index (Phi) is 6.72. The van der Waals surface area contributed by atoms with Crippen molar-refractivity contribution < 1.29 is 4.79 Å². The molecule has 1 amide bonds. The van der Waals surface area contributed by atoms with Gasteiger partial charge >= 0.3 is 0 Å². The van der Waals surface area contributed by atoms with Crippen molar-refractivity contribution in [3.8, 4) is 0 Å². The smallest absolute Gasteiger partial charge is 0.217 e. The molecule has 0 fully saturated rings. The average Bonchev–Trinajstić information content (AvgIpc) is 2.18. The zero-order valence-corrected chi connectivity index (χ0v) is 9.55. The molecule has 1 aliphatic rings. The fourth-order valence-corrected chi connectivity index (χ4v) is 1.12. The molecule has 3 nitrogen and oxygen atoms in total. The molecule has 0 aromatic rings. The lowest BCUT2D eigenvalue weighted by Crippen LogP contribution is -2.22. The number of amides is 1. The molecule has 0 aromatic heterocycles. The Morgan fingerprint density at radius 1 is 1.57 bits per heavy atom. The molecule has 1 rings (SSSR count). The van der Waals surface area contributed by atoms with E-state index >= 15 is 0 Å². The highest BCUT2D eigenvalue weighted by atomic mass is 16.1. The Hall–Kier alpha value is -1.12. The Morgan fingerprint density at radius 3 is 2.71 bits per heavy atom. The van der Waals surface area contributed by atoms with Gasteiger partial charge in [0.25, 0.3) is 0 Å². The molecule has 0 aliphatic carbocycles. The van der Waals surface area contributed by atoms with E-state index in [9.17, 15) is 4.79 Å². The van der Waals surface area contributed by atoms with Crippen LogP contribution in [0.2, 0.25) is 0 Å². The first kappa shape index (κ1) is 12.9. The molecule has 0 saturated heterocycles. The molecule has 0 aromatic carbocycles. The van der Waals surface area contributed by atoms with Crippen LogP contribution in [-0.4, -0.2) is 18.2 Å². The van der Waals surface area contributed by atoms with E-state index in [1.54, 1.807) is 0 Å². The molecular formula is C11H20N2O. The zero-order valence-electron chi connectivity index (χ0n) is 9.55. The van der Waals surface area contributed by atoms with Crippen LogP contribution in [0.4, 0.5) is 0 Å².